The van der Waals surface area contributed by atoms with Crippen molar-refractivity contribution in [3.8, 4) is 5.75 Å². The second kappa shape index (κ2) is 5.30. The van der Waals surface area contributed by atoms with Crippen LogP contribution in [0, 0.1) is 12.8 Å². The minimum atomic E-state index is -0.870. The van der Waals surface area contributed by atoms with E-state index in [-0.39, 0.29) is 23.8 Å². The minimum absolute atomic E-state index is 0.0533. The Balaban J connectivity index is 2.17. The number of benzene rings is 1. The summed E-state index contributed by atoms with van der Waals surface area (Å²) in [5, 5.41) is 18.8. The van der Waals surface area contributed by atoms with Gasteiger partial charge in [0.2, 0.25) is 0 Å². The van der Waals surface area contributed by atoms with Crippen molar-refractivity contribution >= 4 is 11.9 Å². The van der Waals surface area contributed by atoms with Crippen molar-refractivity contribution in [3.05, 3.63) is 29.3 Å². The van der Waals surface area contributed by atoms with Gasteiger partial charge in [-0.15, -0.1) is 0 Å². The van der Waals surface area contributed by atoms with E-state index in [1.54, 1.807) is 12.1 Å². The molecule has 1 fully saturated rings. The lowest BCUT2D eigenvalue weighted by Crippen LogP contribution is -2.42. The Morgan fingerprint density at radius 1 is 1.37 bits per heavy atom. The molecule has 1 aromatic carbocycles. The number of amides is 1. The highest BCUT2D eigenvalue weighted by Gasteiger charge is 2.29. The van der Waals surface area contributed by atoms with Crippen molar-refractivity contribution < 1.29 is 19.8 Å². The van der Waals surface area contributed by atoms with Gasteiger partial charge in [0.05, 0.1) is 11.5 Å². The lowest BCUT2D eigenvalue weighted by atomic mass is 9.97. The van der Waals surface area contributed by atoms with Crippen LogP contribution in [0.3, 0.4) is 0 Å². The van der Waals surface area contributed by atoms with Crippen LogP contribution in [0.15, 0.2) is 18.2 Å². The molecule has 0 aliphatic carbocycles. The van der Waals surface area contributed by atoms with Crippen molar-refractivity contribution in [1.82, 2.24) is 4.90 Å². The smallest absolute Gasteiger partial charge is 0.308 e. The monoisotopic (exact) mass is 263 g/mol. The van der Waals surface area contributed by atoms with Gasteiger partial charge in [0, 0.05) is 13.1 Å². The van der Waals surface area contributed by atoms with E-state index in [2.05, 4.69) is 0 Å². The molecule has 1 heterocycles. The van der Waals surface area contributed by atoms with E-state index >= 15 is 0 Å². The molecule has 102 valence electrons. The molecule has 0 spiro atoms. The number of carboxylic acids is 1. The van der Waals surface area contributed by atoms with Crippen molar-refractivity contribution in [2.24, 2.45) is 5.92 Å². The maximum Gasteiger partial charge on any atom is 0.308 e. The van der Waals surface area contributed by atoms with Crippen molar-refractivity contribution in [1.29, 1.82) is 0 Å². The summed E-state index contributed by atoms with van der Waals surface area (Å²) in [6.45, 7) is 2.58. The van der Waals surface area contributed by atoms with E-state index in [1.807, 2.05) is 6.92 Å². The fourth-order valence-electron chi connectivity index (χ4n) is 2.36. The molecule has 5 nitrogen and oxygen atoms in total. The summed E-state index contributed by atoms with van der Waals surface area (Å²) < 4.78 is 0. The number of likely N-dealkylation sites (tertiary alicyclic amines) is 1. The average Bonchev–Trinajstić information content (AvgIpc) is 2.38. The first kappa shape index (κ1) is 13.4. The third kappa shape index (κ3) is 2.86. The fourth-order valence-corrected chi connectivity index (χ4v) is 2.36. The number of aryl methyl sites for hydroxylation is 1. The van der Waals surface area contributed by atoms with E-state index in [4.69, 9.17) is 5.11 Å². The van der Waals surface area contributed by atoms with Gasteiger partial charge in [-0.25, -0.2) is 0 Å². The zero-order valence-corrected chi connectivity index (χ0v) is 10.8. The molecule has 1 atom stereocenters. The number of carbonyl (C=O) groups is 2. The molecule has 2 N–H and O–H groups in total. The van der Waals surface area contributed by atoms with Crippen molar-refractivity contribution in [2.75, 3.05) is 13.1 Å². The topological polar surface area (TPSA) is 77.8 Å². The summed E-state index contributed by atoms with van der Waals surface area (Å²) in [4.78, 5) is 24.8. The zero-order chi connectivity index (χ0) is 14.0. The Kier molecular flexibility index (Phi) is 3.74. The molecule has 1 aliphatic rings. The summed E-state index contributed by atoms with van der Waals surface area (Å²) in [5.41, 5.74) is 1.10. The van der Waals surface area contributed by atoms with Crippen LogP contribution >= 0.6 is 0 Å². The second-order valence-electron chi connectivity index (χ2n) is 4.95. The number of hydrogen-bond donors (Lipinski definition) is 2. The number of aliphatic carboxylic acids is 1. The summed E-state index contributed by atoms with van der Waals surface area (Å²) in [6.07, 6.45) is 1.27. The van der Waals surface area contributed by atoms with Gasteiger partial charge in [-0.1, -0.05) is 6.07 Å². The predicted molar refractivity (Wildman–Crippen MR) is 69.1 cm³/mol. The summed E-state index contributed by atoms with van der Waals surface area (Å²) in [6, 6.07) is 4.87. The third-order valence-corrected chi connectivity index (χ3v) is 3.44. The molecule has 0 saturated carbocycles. The van der Waals surface area contributed by atoms with E-state index < -0.39 is 11.9 Å². The van der Waals surface area contributed by atoms with Crippen LogP contribution in [-0.2, 0) is 4.79 Å². The predicted octanol–water partition coefficient (Wildman–Crippen LogP) is 1.64. The van der Waals surface area contributed by atoms with E-state index in [0.717, 1.165) is 5.56 Å². The standard InChI is InChI=1S/C14H17NO4/c1-9-4-5-11(12(16)7-9)13(17)15-6-2-3-10(8-15)14(18)19/h4-5,7,10,16H,2-3,6,8H2,1H3,(H,18,19)/t10-/m1/s1. The Labute approximate surface area is 111 Å². The van der Waals surface area contributed by atoms with Gasteiger partial charge in [0.1, 0.15) is 5.75 Å². The van der Waals surface area contributed by atoms with Crippen LogP contribution < -0.4 is 0 Å². The molecule has 1 amide bonds. The van der Waals surface area contributed by atoms with Crippen LogP contribution in [0.1, 0.15) is 28.8 Å². The van der Waals surface area contributed by atoms with E-state index in [0.29, 0.717) is 19.4 Å². The van der Waals surface area contributed by atoms with Gasteiger partial charge in [-0.3, -0.25) is 9.59 Å². The van der Waals surface area contributed by atoms with Gasteiger partial charge < -0.3 is 15.1 Å². The molecule has 0 aromatic heterocycles. The molecular weight excluding hydrogens is 246 g/mol. The molecule has 1 aliphatic heterocycles. The number of piperidine rings is 1. The summed E-state index contributed by atoms with van der Waals surface area (Å²) in [5.74, 6) is -1.73. The van der Waals surface area contributed by atoms with Crippen LogP contribution in [0.5, 0.6) is 5.75 Å². The minimum Gasteiger partial charge on any atom is -0.507 e. The van der Waals surface area contributed by atoms with E-state index in [9.17, 15) is 14.7 Å². The Hall–Kier alpha value is -2.04. The number of phenols is 1. The van der Waals surface area contributed by atoms with Crippen LogP contribution in [0.25, 0.3) is 0 Å². The van der Waals surface area contributed by atoms with Gasteiger partial charge in [-0.2, -0.15) is 0 Å². The molecule has 5 heteroatoms. The normalized spacial score (nSPS) is 19.2. The van der Waals surface area contributed by atoms with Crippen LogP contribution in [0.4, 0.5) is 0 Å². The highest BCUT2D eigenvalue weighted by Crippen LogP contribution is 2.23. The third-order valence-electron chi connectivity index (χ3n) is 3.44. The molecule has 2 rings (SSSR count). The zero-order valence-electron chi connectivity index (χ0n) is 10.8. The van der Waals surface area contributed by atoms with Crippen LogP contribution in [0.2, 0.25) is 0 Å². The highest BCUT2D eigenvalue weighted by molar-refractivity contribution is 5.97. The molecular formula is C14H17NO4. The van der Waals surface area contributed by atoms with E-state index in [1.165, 1.54) is 11.0 Å². The van der Waals surface area contributed by atoms with Crippen molar-refractivity contribution in [3.63, 3.8) is 0 Å². The number of carbonyl (C=O) groups excluding carboxylic acids is 1. The van der Waals surface area contributed by atoms with Crippen molar-refractivity contribution in [2.45, 2.75) is 19.8 Å². The number of hydrogen-bond acceptors (Lipinski definition) is 3. The Morgan fingerprint density at radius 3 is 2.74 bits per heavy atom. The first-order chi connectivity index (χ1) is 8.99. The Morgan fingerprint density at radius 2 is 2.11 bits per heavy atom. The second-order valence-corrected chi connectivity index (χ2v) is 4.95. The lowest BCUT2D eigenvalue weighted by Gasteiger charge is -2.30. The van der Waals surface area contributed by atoms with Gasteiger partial charge in [-0.05, 0) is 37.5 Å². The number of rotatable bonds is 2. The molecule has 0 bridgehead atoms. The molecule has 1 saturated heterocycles. The Bertz CT molecular complexity index is 512. The maximum atomic E-state index is 12.3. The highest BCUT2D eigenvalue weighted by atomic mass is 16.4. The number of aromatic hydroxyl groups is 1. The SMILES string of the molecule is Cc1ccc(C(=O)N2CCC[C@@H](C(=O)O)C2)c(O)c1. The van der Waals surface area contributed by atoms with Gasteiger partial charge in [0.25, 0.3) is 5.91 Å². The molecule has 0 unspecified atom stereocenters. The molecule has 19 heavy (non-hydrogen) atoms. The number of nitrogens with zero attached hydrogens (tertiary/aromatic N) is 1. The summed E-state index contributed by atoms with van der Waals surface area (Å²) in [7, 11) is 0. The van der Waals surface area contributed by atoms with Crippen LogP contribution in [-0.4, -0.2) is 40.1 Å². The number of carboxylic acid groups (broad SMARTS) is 1. The fraction of sp³-hybridized carbons (Fsp3) is 0.429. The first-order valence-electron chi connectivity index (χ1n) is 6.30. The number of phenolic OH excluding ortho intramolecular Hbond substituents is 1. The van der Waals surface area contributed by atoms with Gasteiger partial charge in [0.15, 0.2) is 0 Å². The molecule has 0 radical (unpaired) electrons. The molecule has 1 aromatic rings. The van der Waals surface area contributed by atoms with Gasteiger partial charge >= 0.3 is 5.97 Å². The summed E-state index contributed by atoms with van der Waals surface area (Å²) >= 11 is 0. The first-order valence-corrected chi connectivity index (χ1v) is 6.30. The quantitative estimate of drug-likeness (QED) is 0.850. The largest absolute Gasteiger partial charge is 0.507 e. The lowest BCUT2D eigenvalue weighted by molar-refractivity contribution is -0.143. The maximum absolute atomic E-state index is 12.3. The average molecular weight is 263 g/mol.